The van der Waals surface area contributed by atoms with E-state index in [0.717, 1.165) is 51.4 Å². The van der Waals surface area contributed by atoms with Crippen LogP contribution in [-0.2, 0) is 37.5 Å². The number of quaternary nitrogens is 1. The average Bonchev–Trinajstić information content (AvgIpc) is 3.14. The van der Waals surface area contributed by atoms with E-state index in [1.54, 1.807) is 12.2 Å². The Hall–Kier alpha value is -2.36. The van der Waals surface area contributed by atoms with Gasteiger partial charge in [0, 0.05) is 19.3 Å². The number of hydrogen-bond acceptors (Lipinski definition) is 9. The van der Waals surface area contributed by atoms with Gasteiger partial charge in [0.25, 0.3) is 7.82 Å². The van der Waals surface area contributed by atoms with Crippen LogP contribution in [0.4, 0.5) is 0 Å². The molecule has 0 aromatic heterocycles. The van der Waals surface area contributed by atoms with Gasteiger partial charge in [-0.1, -0.05) is 153 Å². The average molecular weight is 810 g/mol. The molecule has 1 unspecified atom stereocenters. The van der Waals surface area contributed by atoms with Gasteiger partial charge in [-0.25, -0.2) is 0 Å². The molecule has 2 atom stereocenters. The SMILES string of the molecule is CCCCCCCCCCCCCCCCC(=O)O[C@H](COC(=O)CCC/C=C\C/C=C\C/C=C\C=C\C(=O)CCCCC)COP(=O)([O-])OCC[N+](C)(C)C. The summed E-state index contributed by atoms with van der Waals surface area (Å²) in [4.78, 5) is 49.2. The van der Waals surface area contributed by atoms with Crippen molar-refractivity contribution in [3.63, 3.8) is 0 Å². The number of allylic oxidation sites excluding steroid dienone is 8. The van der Waals surface area contributed by atoms with Crippen LogP contribution in [0.1, 0.15) is 168 Å². The second-order valence-corrected chi connectivity index (χ2v) is 17.2. The molecule has 0 aliphatic rings. The van der Waals surface area contributed by atoms with Gasteiger partial charge >= 0.3 is 11.9 Å². The van der Waals surface area contributed by atoms with E-state index < -0.39 is 32.5 Å². The van der Waals surface area contributed by atoms with E-state index in [4.69, 9.17) is 18.5 Å². The van der Waals surface area contributed by atoms with Crippen molar-refractivity contribution < 1.29 is 46.8 Å². The zero-order chi connectivity index (χ0) is 41.6. The standard InChI is InChI=1S/C45H80NO9P/c1-6-8-10-11-12-13-14-15-16-19-23-26-29-33-37-45(49)55-43(41-54-56(50,51)53-39-38-46(3,4)5)40-52-44(48)36-32-28-25-22-20-17-18-21-24-27-31-35-42(47)34-30-9-7-2/h17-18,22,24-25,27,31,35,43H,6-16,19-21,23,26,28-30,32-34,36-41H2,1-5H3/b18-17-,25-22-,27-24-,35-31+/t43-/m1/s1. The molecule has 0 aliphatic heterocycles. The number of rotatable bonds is 39. The quantitative estimate of drug-likeness (QED) is 0.0113. The molecule has 0 fully saturated rings. The van der Waals surface area contributed by atoms with E-state index in [1.807, 2.05) is 45.4 Å². The van der Waals surface area contributed by atoms with Gasteiger partial charge in [0.1, 0.15) is 19.8 Å². The van der Waals surface area contributed by atoms with Crippen LogP contribution in [0.5, 0.6) is 0 Å². The first-order valence-electron chi connectivity index (χ1n) is 21.8. The van der Waals surface area contributed by atoms with Crippen molar-refractivity contribution in [2.45, 2.75) is 174 Å². The first-order chi connectivity index (χ1) is 26.9. The first-order valence-corrected chi connectivity index (χ1v) is 23.3. The molecular weight excluding hydrogens is 729 g/mol. The van der Waals surface area contributed by atoms with Crippen molar-refractivity contribution in [3.05, 3.63) is 48.6 Å². The first kappa shape index (κ1) is 53.6. The van der Waals surface area contributed by atoms with Crippen molar-refractivity contribution in [2.24, 2.45) is 0 Å². The molecule has 0 heterocycles. The molecule has 0 saturated heterocycles. The molecule has 0 N–H and O–H groups in total. The molecule has 11 heteroatoms. The number of carbonyl (C=O) groups excluding carboxylic acids is 3. The molecule has 0 radical (unpaired) electrons. The molecule has 0 aromatic carbocycles. The summed E-state index contributed by atoms with van der Waals surface area (Å²) >= 11 is 0. The Labute approximate surface area is 341 Å². The predicted molar refractivity (Wildman–Crippen MR) is 227 cm³/mol. The smallest absolute Gasteiger partial charge is 0.306 e. The van der Waals surface area contributed by atoms with E-state index in [2.05, 4.69) is 26.0 Å². The van der Waals surface area contributed by atoms with Crippen molar-refractivity contribution in [2.75, 3.05) is 47.5 Å². The minimum absolute atomic E-state index is 0.0495. The Morgan fingerprint density at radius 2 is 1.12 bits per heavy atom. The summed E-state index contributed by atoms with van der Waals surface area (Å²) in [5.74, 6) is -0.765. The summed E-state index contributed by atoms with van der Waals surface area (Å²) in [6.45, 7) is 3.98. The Balaban J connectivity index is 4.50. The third-order valence-electron chi connectivity index (χ3n) is 9.08. The minimum atomic E-state index is -4.65. The fraction of sp³-hybridized carbons (Fsp3) is 0.756. The topological polar surface area (TPSA) is 128 Å². The van der Waals surface area contributed by atoms with Crippen molar-refractivity contribution in [1.82, 2.24) is 0 Å². The molecule has 10 nitrogen and oxygen atoms in total. The van der Waals surface area contributed by atoms with Crippen LogP contribution in [-0.4, -0.2) is 75.8 Å². The van der Waals surface area contributed by atoms with Gasteiger partial charge in [-0.15, -0.1) is 0 Å². The van der Waals surface area contributed by atoms with Crippen molar-refractivity contribution in [1.29, 1.82) is 0 Å². The number of ketones is 1. The van der Waals surface area contributed by atoms with Gasteiger partial charge in [0.15, 0.2) is 11.9 Å². The molecule has 324 valence electrons. The highest BCUT2D eigenvalue weighted by molar-refractivity contribution is 7.45. The van der Waals surface area contributed by atoms with Crippen LogP contribution >= 0.6 is 7.82 Å². The maximum Gasteiger partial charge on any atom is 0.306 e. The fourth-order valence-corrected chi connectivity index (χ4v) is 6.33. The second kappa shape index (κ2) is 36.9. The molecule has 0 saturated carbocycles. The summed E-state index contributed by atoms with van der Waals surface area (Å²) in [6, 6.07) is 0. The largest absolute Gasteiger partial charge is 0.756 e. The maximum absolute atomic E-state index is 12.7. The van der Waals surface area contributed by atoms with Gasteiger partial charge in [0.05, 0.1) is 27.7 Å². The zero-order valence-corrected chi connectivity index (χ0v) is 37.0. The summed E-state index contributed by atoms with van der Waals surface area (Å²) in [7, 11) is 1.10. The fourth-order valence-electron chi connectivity index (χ4n) is 5.60. The number of carbonyl (C=O) groups is 3. The van der Waals surface area contributed by atoms with Crippen LogP contribution in [0.2, 0.25) is 0 Å². The number of hydrogen-bond donors (Lipinski definition) is 0. The molecular formula is C45H80NO9P. The van der Waals surface area contributed by atoms with Gasteiger partial charge < -0.3 is 27.9 Å². The Morgan fingerprint density at radius 3 is 1.73 bits per heavy atom. The molecule has 0 aromatic rings. The van der Waals surface area contributed by atoms with E-state index >= 15 is 0 Å². The van der Waals surface area contributed by atoms with E-state index in [0.29, 0.717) is 36.7 Å². The molecule has 56 heavy (non-hydrogen) atoms. The van der Waals surface area contributed by atoms with Crippen molar-refractivity contribution >= 4 is 25.5 Å². The molecule has 0 spiro atoms. The highest BCUT2D eigenvalue weighted by Gasteiger charge is 2.21. The van der Waals surface area contributed by atoms with E-state index in [-0.39, 0.29) is 31.8 Å². The molecule has 0 rings (SSSR count). The molecule has 0 amide bonds. The zero-order valence-electron chi connectivity index (χ0n) is 36.1. The Morgan fingerprint density at radius 1 is 0.607 bits per heavy atom. The third-order valence-corrected chi connectivity index (χ3v) is 10.0. The third kappa shape index (κ3) is 39.9. The summed E-state index contributed by atoms with van der Waals surface area (Å²) in [5, 5.41) is 0. The number of nitrogens with zero attached hydrogens (tertiary/aromatic N) is 1. The van der Waals surface area contributed by atoms with Gasteiger partial charge in [-0.05, 0) is 44.6 Å². The van der Waals surface area contributed by atoms with Crippen LogP contribution in [0.25, 0.3) is 0 Å². The van der Waals surface area contributed by atoms with Gasteiger partial charge in [-0.3, -0.25) is 18.9 Å². The maximum atomic E-state index is 12.7. The number of esters is 2. The van der Waals surface area contributed by atoms with E-state index in [9.17, 15) is 23.8 Å². The lowest BCUT2D eigenvalue weighted by molar-refractivity contribution is -0.870. The van der Waals surface area contributed by atoms with E-state index in [1.165, 1.54) is 64.2 Å². The lowest BCUT2D eigenvalue weighted by Gasteiger charge is -2.28. The summed E-state index contributed by atoms with van der Waals surface area (Å²) in [6.07, 6.45) is 38.4. The normalized spacial score (nSPS) is 14.0. The number of likely N-dealkylation sites (N-methyl/N-ethyl adjacent to an activating group) is 1. The van der Waals surface area contributed by atoms with Gasteiger partial charge in [0.2, 0.25) is 0 Å². The highest BCUT2D eigenvalue weighted by atomic mass is 31.2. The number of ether oxygens (including phenoxy) is 2. The summed E-state index contributed by atoms with van der Waals surface area (Å²) < 4.78 is 33.8. The number of unbranched alkanes of at least 4 members (excludes halogenated alkanes) is 16. The Bertz CT molecular complexity index is 1160. The highest BCUT2D eigenvalue weighted by Crippen LogP contribution is 2.38. The van der Waals surface area contributed by atoms with Crippen LogP contribution in [0, 0.1) is 0 Å². The van der Waals surface area contributed by atoms with Crippen LogP contribution in [0.3, 0.4) is 0 Å². The second-order valence-electron chi connectivity index (χ2n) is 15.7. The van der Waals surface area contributed by atoms with Gasteiger partial charge in [-0.2, -0.15) is 0 Å². The lowest BCUT2D eigenvalue weighted by Crippen LogP contribution is -2.37. The van der Waals surface area contributed by atoms with Crippen LogP contribution < -0.4 is 4.89 Å². The molecule has 0 aliphatic carbocycles. The van der Waals surface area contributed by atoms with Crippen LogP contribution in [0.15, 0.2) is 48.6 Å². The number of phosphoric acid groups is 1. The Kier molecular flexibility index (Phi) is 35.4. The van der Waals surface area contributed by atoms with Crippen molar-refractivity contribution in [3.8, 4) is 0 Å². The number of phosphoric ester groups is 1. The monoisotopic (exact) mass is 810 g/mol. The molecule has 0 bridgehead atoms. The predicted octanol–water partition coefficient (Wildman–Crippen LogP) is 10.8. The minimum Gasteiger partial charge on any atom is -0.756 e. The summed E-state index contributed by atoms with van der Waals surface area (Å²) in [5.41, 5.74) is 0. The lowest BCUT2D eigenvalue weighted by atomic mass is 10.0.